The largest absolute Gasteiger partial charge is 0.313 e. The maximum Gasteiger partial charge on any atom is 0.233 e. The number of carbonyl (C=O) groups excluding carboxylic acids is 2. The minimum atomic E-state index is -0.461. The van der Waals surface area contributed by atoms with Crippen LogP contribution in [-0.2, 0) is 9.59 Å². The van der Waals surface area contributed by atoms with Crippen molar-refractivity contribution in [3.63, 3.8) is 0 Å². The molecule has 3 nitrogen and oxygen atoms in total. The Kier molecular flexibility index (Phi) is 4.43. The van der Waals surface area contributed by atoms with Gasteiger partial charge in [0, 0.05) is 0 Å². The molecule has 88 valence electrons. The number of rotatable bonds is 4. The van der Waals surface area contributed by atoms with Crippen molar-refractivity contribution < 1.29 is 9.59 Å². The van der Waals surface area contributed by atoms with E-state index in [1.807, 2.05) is 19.1 Å². The quantitative estimate of drug-likeness (QED) is 0.556. The van der Waals surface area contributed by atoms with Gasteiger partial charge >= 0.3 is 0 Å². The molecule has 3 atom stereocenters. The van der Waals surface area contributed by atoms with Crippen LogP contribution in [0, 0.1) is 5.92 Å². The van der Waals surface area contributed by atoms with E-state index in [4.69, 9.17) is 0 Å². The van der Waals surface area contributed by atoms with Crippen LogP contribution < -0.4 is 0 Å². The van der Waals surface area contributed by atoms with Crippen molar-refractivity contribution in [3.05, 3.63) is 24.3 Å². The smallest absolute Gasteiger partial charge is 0.233 e. The summed E-state index contributed by atoms with van der Waals surface area (Å²) in [7, 11) is 2.32. The molecule has 0 bridgehead atoms. The number of amides is 1. The molecule has 0 radical (unpaired) electrons. The highest BCUT2D eigenvalue weighted by molar-refractivity contribution is 7.15. The number of allylic oxidation sites excluding steroid dienone is 2. The summed E-state index contributed by atoms with van der Waals surface area (Å²) in [5, 5.41) is 0. The summed E-state index contributed by atoms with van der Waals surface area (Å²) < 4.78 is 1.43. The van der Waals surface area contributed by atoms with E-state index in [1.54, 1.807) is 0 Å². The molecular weight excluding hydrogens is 221 g/mol. The van der Waals surface area contributed by atoms with Gasteiger partial charge in [0.1, 0.15) is 6.04 Å². The molecule has 3 unspecified atom stereocenters. The molecule has 0 N–H and O–H groups in total. The summed E-state index contributed by atoms with van der Waals surface area (Å²) in [6, 6.07) is -0.461. The van der Waals surface area contributed by atoms with Gasteiger partial charge in [-0.15, -0.1) is 0 Å². The summed E-state index contributed by atoms with van der Waals surface area (Å²) in [5.74, 6) is -0.305. The Labute approximate surface area is 98.8 Å². The van der Waals surface area contributed by atoms with Crippen LogP contribution in [0.15, 0.2) is 24.3 Å². The predicted octanol–water partition coefficient (Wildman–Crippen LogP) is 2.10. The fraction of sp³-hybridized carbons (Fsp3) is 0.500. The SMILES string of the molecule is C=C1C(C/C=C/CC)C(=O)N(P)C1C(C)=O. The van der Waals surface area contributed by atoms with Gasteiger partial charge in [0.2, 0.25) is 5.91 Å². The van der Waals surface area contributed by atoms with Gasteiger partial charge in [-0.2, -0.15) is 0 Å². The molecule has 0 spiro atoms. The first-order valence-corrected chi connectivity index (χ1v) is 5.94. The van der Waals surface area contributed by atoms with Gasteiger partial charge in [-0.3, -0.25) is 9.59 Å². The molecule has 16 heavy (non-hydrogen) atoms. The van der Waals surface area contributed by atoms with Crippen LogP contribution in [0.25, 0.3) is 0 Å². The highest BCUT2D eigenvalue weighted by atomic mass is 31.0. The molecule has 1 heterocycles. The van der Waals surface area contributed by atoms with Gasteiger partial charge in [-0.05, 0) is 34.7 Å². The third-order valence-corrected chi connectivity index (χ3v) is 3.34. The Bertz CT molecular complexity index is 349. The second kappa shape index (κ2) is 5.40. The Morgan fingerprint density at radius 3 is 2.62 bits per heavy atom. The van der Waals surface area contributed by atoms with E-state index in [1.165, 1.54) is 11.6 Å². The molecule has 0 aliphatic carbocycles. The van der Waals surface area contributed by atoms with Crippen LogP contribution >= 0.6 is 9.39 Å². The molecule has 0 aromatic rings. The standard InChI is InChI=1S/C12H18NO2P/c1-4-5-6-7-10-8(2)11(9(3)14)13(16)12(10)15/h5-6,10-11H,2,4,7,16H2,1,3H3/b6-5+. The van der Waals surface area contributed by atoms with Crippen LogP contribution in [-0.4, -0.2) is 22.4 Å². The Hall–Kier alpha value is -0.950. The fourth-order valence-electron chi connectivity index (χ4n) is 1.94. The third kappa shape index (κ3) is 2.41. The van der Waals surface area contributed by atoms with Crippen molar-refractivity contribution in [2.24, 2.45) is 5.92 Å². The number of carbonyl (C=O) groups is 2. The maximum absolute atomic E-state index is 11.9. The number of Topliss-reactive ketones (excluding diaryl/α,β-unsaturated/α-hetero) is 1. The van der Waals surface area contributed by atoms with Gasteiger partial charge in [-0.25, -0.2) is 0 Å². The average Bonchev–Trinajstić information content (AvgIpc) is 2.42. The van der Waals surface area contributed by atoms with Gasteiger partial charge in [-0.1, -0.05) is 25.7 Å². The Morgan fingerprint density at radius 1 is 1.56 bits per heavy atom. The highest BCUT2D eigenvalue weighted by Crippen LogP contribution is 2.34. The number of ketones is 1. The van der Waals surface area contributed by atoms with Crippen LogP contribution in [0.5, 0.6) is 0 Å². The minimum absolute atomic E-state index is 0.0315. The summed E-state index contributed by atoms with van der Waals surface area (Å²) in [4.78, 5) is 23.3. The summed E-state index contributed by atoms with van der Waals surface area (Å²) in [6.07, 6.45) is 5.60. The molecule has 1 saturated heterocycles. The van der Waals surface area contributed by atoms with Crippen LogP contribution in [0.1, 0.15) is 26.7 Å². The van der Waals surface area contributed by atoms with E-state index in [2.05, 4.69) is 16.0 Å². The zero-order chi connectivity index (χ0) is 12.3. The molecule has 4 heteroatoms. The van der Waals surface area contributed by atoms with Crippen LogP contribution in [0.2, 0.25) is 0 Å². The lowest BCUT2D eigenvalue weighted by Gasteiger charge is -2.16. The molecule has 1 aliphatic heterocycles. The van der Waals surface area contributed by atoms with Crippen molar-refractivity contribution in [3.8, 4) is 0 Å². The number of hydrogen-bond acceptors (Lipinski definition) is 2. The molecule has 1 fully saturated rings. The molecule has 1 rings (SSSR count). The average molecular weight is 239 g/mol. The molecule has 0 aromatic heterocycles. The lowest BCUT2D eigenvalue weighted by atomic mass is 9.94. The van der Waals surface area contributed by atoms with E-state index in [0.29, 0.717) is 12.0 Å². The molecule has 0 saturated carbocycles. The van der Waals surface area contributed by atoms with E-state index >= 15 is 0 Å². The van der Waals surface area contributed by atoms with E-state index in [0.717, 1.165) is 6.42 Å². The first-order valence-electron chi connectivity index (χ1n) is 5.42. The molecule has 1 aliphatic rings. The first-order chi connectivity index (χ1) is 7.50. The van der Waals surface area contributed by atoms with Gasteiger partial charge < -0.3 is 4.67 Å². The third-order valence-electron chi connectivity index (χ3n) is 2.79. The highest BCUT2D eigenvalue weighted by Gasteiger charge is 2.42. The zero-order valence-electron chi connectivity index (χ0n) is 9.77. The number of nitrogens with zero attached hydrogens (tertiary/aromatic N) is 1. The lowest BCUT2D eigenvalue weighted by Crippen LogP contribution is -2.29. The van der Waals surface area contributed by atoms with Gasteiger partial charge in [0.25, 0.3) is 0 Å². The second-order valence-corrected chi connectivity index (χ2v) is 4.56. The van der Waals surface area contributed by atoms with Crippen LogP contribution in [0.3, 0.4) is 0 Å². The normalized spacial score (nSPS) is 25.8. The van der Waals surface area contributed by atoms with Crippen molar-refractivity contribution in [2.45, 2.75) is 32.7 Å². The minimum Gasteiger partial charge on any atom is -0.313 e. The topological polar surface area (TPSA) is 37.4 Å². The predicted molar refractivity (Wildman–Crippen MR) is 67.7 cm³/mol. The molecule has 0 aromatic carbocycles. The van der Waals surface area contributed by atoms with Crippen molar-refractivity contribution in [1.29, 1.82) is 0 Å². The second-order valence-electron chi connectivity index (χ2n) is 4.00. The fourth-order valence-corrected chi connectivity index (χ4v) is 2.52. The van der Waals surface area contributed by atoms with Crippen molar-refractivity contribution >= 4 is 21.1 Å². The van der Waals surface area contributed by atoms with Gasteiger partial charge in [0.15, 0.2) is 5.78 Å². The number of hydrogen-bond donors (Lipinski definition) is 0. The summed E-state index contributed by atoms with van der Waals surface area (Å²) in [6.45, 7) is 7.42. The van der Waals surface area contributed by atoms with E-state index in [-0.39, 0.29) is 17.6 Å². The van der Waals surface area contributed by atoms with Crippen LogP contribution in [0.4, 0.5) is 0 Å². The van der Waals surface area contributed by atoms with Crippen molar-refractivity contribution in [2.75, 3.05) is 0 Å². The molecule has 1 amide bonds. The monoisotopic (exact) mass is 239 g/mol. The van der Waals surface area contributed by atoms with Gasteiger partial charge in [0.05, 0.1) is 5.92 Å². The lowest BCUT2D eigenvalue weighted by molar-refractivity contribution is -0.130. The van der Waals surface area contributed by atoms with Crippen molar-refractivity contribution in [1.82, 2.24) is 4.67 Å². The Balaban J connectivity index is 2.81. The summed E-state index contributed by atoms with van der Waals surface area (Å²) in [5.41, 5.74) is 0.716. The zero-order valence-corrected chi connectivity index (χ0v) is 10.9. The Morgan fingerprint density at radius 2 is 2.19 bits per heavy atom. The molecular formula is C12H18NO2P. The van der Waals surface area contributed by atoms with E-state index < -0.39 is 6.04 Å². The maximum atomic E-state index is 11.9. The summed E-state index contributed by atoms with van der Waals surface area (Å²) >= 11 is 0. The first kappa shape index (κ1) is 13.1. The van der Waals surface area contributed by atoms with E-state index in [9.17, 15) is 9.59 Å².